The van der Waals surface area contributed by atoms with Crippen molar-refractivity contribution >= 4 is 12.6 Å². The van der Waals surface area contributed by atoms with E-state index >= 15 is 0 Å². The molecule has 174 valence electrons. The minimum atomic E-state index is -5.02. The molecule has 1 fully saturated rings. The summed E-state index contributed by atoms with van der Waals surface area (Å²) in [4.78, 5) is 0. The van der Waals surface area contributed by atoms with Crippen LogP contribution in [0.15, 0.2) is 42.5 Å². The van der Waals surface area contributed by atoms with E-state index in [0.717, 1.165) is 30.3 Å². The van der Waals surface area contributed by atoms with E-state index in [1.807, 2.05) is 0 Å². The Hall–Kier alpha value is -2.60. The SMILES string of the molecule is CC1(C)OB(c2ccc(Oc3ccc(OC(F)(F)F)cc3)c(OC(F)(F)F)c2)OC1(C)C. The molecule has 0 spiro atoms. The molecule has 1 aliphatic heterocycles. The smallest absolute Gasteiger partial charge is 0.453 e. The van der Waals surface area contributed by atoms with Crippen LogP contribution in [0.25, 0.3) is 0 Å². The predicted molar refractivity (Wildman–Crippen MR) is 102 cm³/mol. The van der Waals surface area contributed by atoms with Crippen molar-refractivity contribution in [2.45, 2.75) is 51.6 Å². The van der Waals surface area contributed by atoms with Gasteiger partial charge in [-0.05, 0) is 69.6 Å². The molecule has 2 aromatic carbocycles. The van der Waals surface area contributed by atoms with Gasteiger partial charge in [0.15, 0.2) is 11.5 Å². The Labute approximate surface area is 180 Å². The lowest BCUT2D eigenvalue weighted by atomic mass is 9.79. The number of hydrogen-bond acceptors (Lipinski definition) is 5. The lowest BCUT2D eigenvalue weighted by Crippen LogP contribution is -2.41. The first kappa shape index (κ1) is 24.1. The van der Waals surface area contributed by atoms with E-state index in [1.165, 1.54) is 12.1 Å². The molecular formula is C20H19BF6O5. The van der Waals surface area contributed by atoms with E-state index < -0.39 is 42.5 Å². The van der Waals surface area contributed by atoms with Gasteiger partial charge in [0.1, 0.15) is 11.5 Å². The first-order chi connectivity index (χ1) is 14.5. The van der Waals surface area contributed by atoms with Crippen LogP contribution in [-0.4, -0.2) is 31.0 Å². The second kappa shape index (κ2) is 8.07. The number of ether oxygens (including phenoxy) is 3. The topological polar surface area (TPSA) is 46.2 Å². The van der Waals surface area contributed by atoms with Crippen molar-refractivity contribution in [1.82, 2.24) is 0 Å². The standard InChI is InChI=1S/C20H19BF6O5/c1-17(2)18(3,4)32-21(31-17)12-5-10-15(16(11-12)30-20(25,26)27)28-13-6-8-14(9-7-13)29-19(22,23)24/h5-11H,1-4H3. The molecule has 1 heterocycles. The second-order valence-electron chi connectivity index (χ2n) is 7.96. The number of alkyl halides is 6. The summed E-state index contributed by atoms with van der Waals surface area (Å²) in [6, 6.07) is 7.90. The van der Waals surface area contributed by atoms with Crippen molar-refractivity contribution < 1.29 is 49.9 Å². The summed E-state index contributed by atoms with van der Waals surface area (Å²) in [5.74, 6) is -1.52. The van der Waals surface area contributed by atoms with Gasteiger partial charge in [0.2, 0.25) is 0 Å². The van der Waals surface area contributed by atoms with Crippen molar-refractivity contribution in [1.29, 1.82) is 0 Å². The fourth-order valence-electron chi connectivity index (χ4n) is 2.78. The zero-order valence-corrected chi connectivity index (χ0v) is 17.4. The van der Waals surface area contributed by atoms with Crippen LogP contribution in [0.1, 0.15) is 27.7 Å². The molecule has 0 unspecified atom stereocenters. The van der Waals surface area contributed by atoms with Crippen molar-refractivity contribution in [2.75, 3.05) is 0 Å². The summed E-state index contributed by atoms with van der Waals surface area (Å²) in [5, 5.41) is 0. The van der Waals surface area contributed by atoms with Crippen molar-refractivity contribution in [3.8, 4) is 23.0 Å². The zero-order chi connectivity index (χ0) is 23.9. The van der Waals surface area contributed by atoms with Crippen LogP contribution in [0.4, 0.5) is 26.3 Å². The molecule has 0 saturated carbocycles. The van der Waals surface area contributed by atoms with Crippen molar-refractivity contribution in [3.05, 3.63) is 42.5 Å². The normalized spacial score (nSPS) is 17.9. The highest BCUT2D eigenvalue weighted by Crippen LogP contribution is 2.39. The molecule has 0 N–H and O–H groups in total. The summed E-state index contributed by atoms with van der Waals surface area (Å²) < 4.78 is 101. The summed E-state index contributed by atoms with van der Waals surface area (Å²) in [5.41, 5.74) is -1.15. The van der Waals surface area contributed by atoms with Crippen LogP contribution >= 0.6 is 0 Å². The molecule has 0 atom stereocenters. The summed E-state index contributed by atoms with van der Waals surface area (Å²) >= 11 is 0. The molecular weight excluding hydrogens is 445 g/mol. The molecule has 32 heavy (non-hydrogen) atoms. The molecule has 12 heteroatoms. The van der Waals surface area contributed by atoms with Crippen LogP contribution in [-0.2, 0) is 9.31 Å². The van der Waals surface area contributed by atoms with E-state index in [0.29, 0.717) is 0 Å². The van der Waals surface area contributed by atoms with Gasteiger partial charge < -0.3 is 23.5 Å². The quantitative estimate of drug-likeness (QED) is 0.428. The molecule has 0 radical (unpaired) electrons. The van der Waals surface area contributed by atoms with Crippen LogP contribution in [0.2, 0.25) is 0 Å². The van der Waals surface area contributed by atoms with Crippen molar-refractivity contribution in [3.63, 3.8) is 0 Å². The van der Waals surface area contributed by atoms with E-state index in [9.17, 15) is 26.3 Å². The molecule has 1 aliphatic rings. The third kappa shape index (κ3) is 5.80. The van der Waals surface area contributed by atoms with E-state index in [2.05, 4.69) is 9.47 Å². The van der Waals surface area contributed by atoms with Crippen LogP contribution in [0.3, 0.4) is 0 Å². The Bertz CT molecular complexity index is 940. The highest BCUT2D eigenvalue weighted by molar-refractivity contribution is 6.62. The lowest BCUT2D eigenvalue weighted by Gasteiger charge is -2.32. The summed E-state index contributed by atoms with van der Waals surface area (Å²) in [6.45, 7) is 7.18. The number of benzene rings is 2. The number of rotatable bonds is 5. The third-order valence-corrected chi connectivity index (χ3v) is 5.00. The molecule has 0 aliphatic carbocycles. The first-order valence-corrected chi connectivity index (χ1v) is 9.34. The van der Waals surface area contributed by atoms with E-state index in [1.54, 1.807) is 27.7 Å². The number of halogens is 6. The lowest BCUT2D eigenvalue weighted by molar-refractivity contribution is -0.275. The Kier molecular flexibility index (Phi) is 6.07. The second-order valence-corrected chi connectivity index (χ2v) is 7.96. The Morgan fingerprint density at radius 1 is 0.688 bits per heavy atom. The monoisotopic (exact) mass is 464 g/mol. The van der Waals surface area contributed by atoms with Gasteiger partial charge in [-0.2, -0.15) is 0 Å². The van der Waals surface area contributed by atoms with Gasteiger partial charge in [0.25, 0.3) is 0 Å². The van der Waals surface area contributed by atoms with Crippen molar-refractivity contribution in [2.24, 2.45) is 0 Å². The third-order valence-electron chi connectivity index (χ3n) is 5.00. The summed E-state index contributed by atoms with van der Waals surface area (Å²) in [6.07, 6.45) is -9.89. The molecule has 5 nitrogen and oxygen atoms in total. The highest BCUT2D eigenvalue weighted by atomic mass is 19.4. The van der Waals surface area contributed by atoms with Gasteiger partial charge in [0.05, 0.1) is 11.2 Å². The zero-order valence-electron chi connectivity index (χ0n) is 17.4. The van der Waals surface area contributed by atoms with E-state index in [-0.39, 0.29) is 17.0 Å². The minimum Gasteiger partial charge on any atom is -0.453 e. The van der Waals surface area contributed by atoms with Gasteiger partial charge in [-0.25, -0.2) is 0 Å². The first-order valence-electron chi connectivity index (χ1n) is 9.34. The fourth-order valence-corrected chi connectivity index (χ4v) is 2.78. The molecule has 1 saturated heterocycles. The molecule has 0 bridgehead atoms. The Morgan fingerprint density at radius 3 is 1.69 bits per heavy atom. The van der Waals surface area contributed by atoms with Crippen LogP contribution in [0.5, 0.6) is 23.0 Å². The van der Waals surface area contributed by atoms with Crippen LogP contribution in [0, 0.1) is 0 Å². The van der Waals surface area contributed by atoms with Gasteiger partial charge in [-0.15, -0.1) is 26.3 Å². The Morgan fingerprint density at radius 2 is 1.19 bits per heavy atom. The highest BCUT2D eigenvalue weighted by Gasteiger charge is 2.52. The maximum atomic E-state index is 13.0. The molecule has 0 aromatic heterocycles. The van der Waals surface area contributed by atoms with Crippen LogP contribution < -0.4 is 19.7 Å². The largest absolute Gasteiger partial charge is 0.573 e. The Balaban J connectivity index is 1.86. The average molecular weight is 464 g/mol. The summed E-state index contributed by atoms with van der Waals surface area (Å²) in [7, 11) is -0.941. The maximum absolute atomic E-state index is 13.0. The van der Waals surface area contributed by atoms with Gasteiger partial charge in [0, 0.05) is 0 Å². The number of hydrogen-bond donors (Lipinski definition) is 0. The minimum absolute atomic E-state index is 0.0325. The molecule has 2 aromatic rings. The maximum Gasteiger partial charge on any atom is 0.573 e. The van der Waals surface area contributed by atoms with Gasteiger partial charge in [-0.1, -0.05) is 6.07 Å². The van der Waals surface area contributed by atoms with Gasteiger partial charge >= 0.3 is 19.8 Å². The van der Waals surface area contributed by atoms with Gasteiger partial charge in [-0.3, -0.25) is 0 Å². The molecule has 0 amide bonds. The molecule has 3 rings (SSSR count). The average Bonchev–Trinajstić information content (AvgIpc) is 2.83. The fraction of sp³-hybridized carbons (Fsp3) is 0.400. The van der Waals surface area contributed by atoms with E-state index in [4.69, 9.17) is 14.0 Å². The predicted octanol–water partition coefficient (Wildman–Crippen LogP) is 5.58.